The van der Waals surface area contributed by atoms with E-state index in [9.17, 15) is 0 Å². The molecule has 0 fully saturated rings. The number of aromatic nitrogens is 7. The van der Waals surface area contributed by atoms with E-state index in [-0.39, 0.29) is 0 Å². The minimum Gasteiger partial charge on any atom is -0.368 e. The first-order valence-corrected chi connectivity index (χ1v) is 7.03. The van der Waals surface area contributed by atoms with Crippen molar-refractivity contribution >= 4 is 16.9 Å². The van der Waals surface area contributed by atoms with Crippen molar-refractivity contribution in [1.29, 1.82) is 0 Å². The van der Waals surface area contributed by atoms with Crippen molar-refractivity contribution in [3.05, 3.63) is 24.7 Å². The van der Waals surface area contributed by atoms with Crippen LogP contribution in [0.25, 0.3) is 11.0 Å². The van der Waals surface area contributed by atoms with Crippen molar-refractivity contribution in [3.63, 3.8) is 0 Å². The van der Waals surface area contributed by atoms with Crippen molar-refractivity contribution < 1.29 is 0 Å². The zero-order chi connectivity index (χ0) is 14.7. The molecule has 0 spiro atoms. The second-order valence-corrected chi connectivity index (χ2v) is 4.87. The van der Waals surface area contributed by atoms with E-state index >= 15 is 0 Å². The summed E-state index contributed by atoms with van der Waals surface area (Å²) in [5.41, 5.74) is 0.861. The van der Waals surface area contributed by atoms with Crippen molar-refractivity contribution in [3.8, 4) is 0 Å². The minimum absolute atomic E-state index is 0.741. The molecule has 0 aromatic carbocycles. The molecule has 110 valence electrons. The van der Waals surface area contributed by atoms with Crippen molar-refractivity contribution in [2.75, 3.05) is 11.9 Å². The SMILES string of the molecule is CCCc1nc(NCCn2cnnc2)c2cnn(C)c2n1. The molecule has 0 saturated heterocycles. The second kappa shape index (κ2) is 5.86. The molecule has 0 saturated carbocycles. The molecule has 0 atom stereocenters. The monoisotopic (exact) mass is 286 g/mol. The maximum absolute atomic E-state index is 4.61. The zero-order valence-electron chi connectivity index (χ0n) is 12.2. The van der Waals surface area contributed by atoms with Gasteiger partial charge < -0.3 is 9.88 Å². The van der Waals surface area contributed by atoms with Gasteiger partial charge in [-0.25, -0.2) is 9.97 Å². The lowest BCUT2D eigenvalue weighted by Gasteiger charge is -2.09. The molecule has 0 radical (unpaired) electrons. The Morgan fingerprint density at radius 2 is 2.00 bits per heavy atom. The Morgan fingerprint density at radius 3 is 2.76 bits per heavy atom. The number of fused-ring (bicyclic) bond motifs is 1. The van der Waals surface area contributed by atoms with Crippen molar-refractivity contribution in [2.45, 2.75) is 26.3 Å². The highest BCUT2D eigenvalue weighted by Gasteiger charge is 2.10. The van der Waals surface area contributed by atoms with Crippen LogP contribution in [0.1, 0.15) is 19.2 Å². The van der Waals surface area contributed by atoms with E-state index in [1.54, 1.807) is 23.5 Å². The van der Waals surface area contributed by atoms with Crippen LogP contribution in [-0.4, -0.2) is 41.1 Å². The van der Waals surface area contributed by atoms with Crippen LogP contribution in [0, 0.1) is 0 Å². The van der Waals surface area contributed by atoms with Gasteiger partial charge in [0.1, 0.15) is 24.3 Å². The highest BCUT2D eigenvalue weighted by Crippen LogP contribution is 2.19. The summed E-state index contributed by atoms with van der Waals surface area (Å²) in [5, 5.41) is 16.1. The topological polar surface area (TPSA) is 86.3 Å². The number of hydrogen-bond donors (Lipinski definition) is 1. The van der Waals surface area contributed by atoms with Crippen LogP contribution in [0.4, 0.5) is 5.82 Å². The summed E-state index contributed by atoms with van der Waals surface area (Å²) >= 11 is 0. The maximum atomic E-state index is 4.61. The quantitative estimate of drug-likeness (QED) is 0.728. The lowest BCUT2D eigenvalue weighted by molar-refractivity contribution is 0.721. The first kappa shape index (κ1) is 13.5. The Morgan fingerprint density at radius 1 is 1.19 bits per heavy atom. The number of nitrogens with one attached hydrogen (secondary N) is 1. The van der Waals surface area contributed by atoms with Crippen LogP contribution >= 0.6 is 0 Å². The van der Waals surface area contributed by atoms with E-state index in [0.717, 1.165) is 48.6 Å². The lowest BCUT2D eigenvalue weighted by Crippen LogP contribution is -2.12. The summed E-state index contributed by atoms with van der Waals surface area (Å²) in [4.78, 5) is 9.17. The molecule has 3 rings (SSSR count). The molecule has 8 heteroatoms. The molecule has 3 heterocycles. The van der Waals surface area contributed by atoms with Gasteiger partial charge in [-0.05, 0) is 6.42 Å². The van der Waals surface area contributed by atoms with E-state index < -0.39 is 0 Å². The molecule has 0 bridgehead atoms. The van der Waals surface area contributed by atoms with Gasteiger partial charge in [0.25, 0.3) is 0 Å². The summed E-state index contributed by atoms with van der Waals surface area (Å²) in [5.74, 6) is 1.69. The predicted molar refractivity (Wildman–Crippen MR) is 78.8 cm³/mol. The zero-order valence-corrected chi connectivity index (χ0v) is 12.2. The summed E-state index contributed by atoms with van der Waals surface area (Å²) in [6, 6.07) is 0. The van der Waals surface area contributed by atoms with Crippen LogP contribution in [0.3, 0.4) is 0 Å². The van der Waals surface area contributed by atoms with Crippen LogP contribution in [0.5, 0.6) is 0 Å². The third-order valence-corrected chi connectivity index (χ3v) is 3.24. The molecule has 0 amide bonds. The molecule has 0 aliphatic heterocycles. The standard InChI is InChI=1S/C13H18N8/c1-3-4-11-18-12(10-7-17-20(2)13(10)19-11)14-5-6-21-8-15-16-9-21/h7-9H,3-6H2,1-2H3,(H,14,18,19). The average molecular weight is 286 g/mol. The molecule has 3 aromatic rings. The predicted octanol–water partition coefficient (Wildman–Crippen LogP) is 1.02. The van der Waals surface area contributed by atoms with E-state index in [4.69, 9.17) is 0 Å². The first-order valence-electron chi connectivity index (χ1n) is 7.03. The molecule has 0 aliphatic rings. The van der Waals surface area contributed by atoms with Crippen molar-refractivity contribution in [2.24, 2.45) is 7.05 Å². The Balaban J connectivity index is 1.82. The largest absolute Gasteiger partial charge is 0.368 e. The summed E-state index contributed by atoms with van der Waals surface area (Å²) in [6.45, 7) is 3.64. The molecule has 1 N–H and O–H groups in total. The third-order valence-electron chi connectivity index (χ3n) is 3.24. The van der Waals surface area contributed by atoms with Gasteiger partial charge in [-0.3, -0.25) is 4.68 Å². The van der Waals surface area contributed by atoms with Crippen LogP contribution in [0.2, 0.25) is 0 Å². The number of nitrogens with zero attached hydrogens (tertiary/aromatic N) is 7. The fourth-order valence-corrected chi connectivity index (χ4v) is 2.18. The Bertz CT molecular complexity index is 715. The highest BCUT2D eigenvalue weighted by molar-refractivity contribution is 5.86. The van der Waals surface area contributed by atoms with Gasteiger partial charge in [0.15, 0.2) is 5.65 Å². The minimum atomic E-state index is 0.741. The van der Waals surface area contributed by atoms with E-state index in [0.29, 0.717) is 0 Å². The van der Waals surface area contributed by atoms with Crippen LogP contribution < -0.4 is 5.32 Å². The van der Waals surface area contributed by atoms with E-state index in [2.05, 4.69) is 37.5 Å². The summed E-state index contributed by atoms with van der Waals surface area (Å²) < 4.78 is 3.70. The van der Waals surface area contributed by atoms with Crippen LogP contribution in [0.15, 0.2) is 18.9 Å². The van der Waals surface area contributed by atoms with E-state index in [1.807, 2.05) is 11.6 Å². The van der Waals surface area contributed by atoms with Gasteiger partial charge >= 0.3 is 0 Å². The Kier molecular flexibility index (Phi) is 3.76. The fraction of sp³-hybridized carbons (Fsp3) is 0.462. The normalized spacial score (nSPS) is 11.1. The fourth-order valence-electron chi connectivity index (χ4n) is 2.18. The second-order valence-electron chi connectivity index (χ2n) is 4.87. The highest BCUT2D eigenvalue weighted by atomic mass is 15.3. The molecule has 0 aliphatic carbocycles. The number of rotatable bonds is 6. The molecular formula is C13H18N8. The van der Waals surface area contributed by atoms with Gasteiger partial charge in [0, 0.05) is 26.6 Å². The average Bonchev–Trinajstić information content (AvgIpc) is 3.10. The Labute approximate surface area is 122 Å². The van der Waals surface area contributed by atoms with Crippen molar-refractivity contribution in [1.82, 2.24) is 34.5 Å². The smallest absolute Gasteiger partial charge is 0.163 e. The third kappa shape index (κ3) is 2.83. The van der Waals surface area contributed by atoms with Gasteiger partial charge in [-0.2, -0.15) is 5.10 Å². The first-order chi connectivity index (χ1) is 10.3. The number of hydrogen-bond acceptors (Lipinski definition) is 6. The van der Waals surface area contributed by atoms with Gasteiger partial charge in [-0.1, -0.05) is 6.92 Å². The van der Waals surface area contributed by atoms with E-state index in [1.165, 1.54) is 0 Å². The summed E-state index contributed by atoms with van der Waals surface area (Å²) in [7, 11) is 1.89. The number of aryl methyl sites for hydroxylation is 2. The van der Waals surface area contributed by atoms with Gasteiger partial charge in [0.05, 0.1) is 11.6 Å². The maximum Gasteiger partial charge on any atom is 0.163 e. The molecule has 3 aromatic heterocycles. The number of anilines is 1. The van der Waals surface area contributed by atoms with Gasteiger partial charge in [-0.15, -0.1) is 10.2 Å². The molecule has 21 heavy (non-hydrogen) atoms. The molecule has 0 unspecified atom stereocenters. The lowest BCUT2D eigenvalue weighted by atomic mass is 10.3. The van der Waals surface area contributed by atoms with Crippen LogP contribution in [-0.2, 0) is 20.0 Å². The summed E-state index contributed by atoms with van der Waals surface area (Å²) in [6.07, 6.45) is 7.07. The molecule has 8 nitrogen and oxygen atoms in total. The van der Waals surface area contributed by atoms with Gasteiger partial charge in [0.2, 0.25) is 0 Å². The Hall–Kier alpha value is -2.51. The molecular weight excluding hydrogens is 268 g/mol.